The van der Waals surface area contributed by atoms with E-state index in [0.29, 0.717) is 0 Å². The molecular weight excluding hydrogens is 204 g/mol. The standard InChI is InChI=1S/2C5H6N.Fe/c2*6-5-3-1-2-4-5;/h2*1-4H,6H2;. The molecule has 0 unspecified atom stereocenters. The summed E-state index contributed by atoms with van der Waals surface area (Å²) in [6, 6.07) is 1.69. The molecule has 2 fully saturated rings. The van der Waals surface area contributed by atoms with E-state index in [1.807, 2.05) is 51.4 Å². The zero-order valence-corrected chi connectivity index (χ0v) is 8.23. The largest absolute Gasteiger partial charge is 0.323 e. The minimum atomic E-state index is 0. The second kappa shape index (κ2) is 7.81. The van der Waals surface area contributed by atoms with Crippen LogP contribution in [-0.2, 0) is 17.1 Å². The molecule has 0 aromatic carbocycles. The van der Waals surface area contributed by atoms with Gasteiger partial charge in [-0.25, -0.2) is 0 Å². The van der Waals surface area contributed by atoms with Crippen LogP contribution >= 0.6 is 0 Å². The van der Waals surface area contributed by atoms with Crippen molar-refractivity contribution in [2.24, 2.45) is 11.5 Å². The molecule has 2 aliphatic carbocycles. The molecule has 13 heavy (non-hydrogen) atoms. The molecule has 0 aromatic rings. The summed E-state index contributed by atoms with van der Waals surface area (Å²) in [6.45, 7) is 0. The van der Waals surface area contributed by atoms with Gasteiger partial charge in [-0.3, -0.25) is 0 Å². The van der Waals surface area contributed by atoms with E-state index in [2.05, 4.69) is 0 Å². The van der Waals surface area contributed by atoms with Crippen molar-refractivity contribution in [2.45, 2.75) is 0 Å². The molecule has 2 nitrogen and oxygen atoms in total. The Hall–Kier alpha value is 0.439. The van der Waals surface area contributed by atoms with E-state index < -0.39 is 0 Å². The van der Waals surface area contributed by atoms with E-state index >= 15 is 0 Å². The monoisotopic (exact) mass is 216 g/mol. The normalized spacial score (nSPS) is 23.5. The van der Waals surface area contributed by atoms with Gasteiger partial charge in [0, 0.05) is 29.2 Å². The number of hydrogen-bond acceptors (Lipinski definition) is 2. The van der Waals surface area contributed by atoms with E-state index in [-0.39, 0.29) is 17.1 Å². The molecule has 0 aromatic heterocycles. The SMILES string of the molecule is N[C]1[CH][CH][CH][CH]1.N[C]1[CH][CH][CH][CH]1.[Fe]. The molecule has 0 heterocycles. The maximum Gasteiger partial charge on any atom is 0.0412 e. The zero-order chi connectivity index (χ0) is 8.81. The smallest absolute Gasteiger partial charge is 0.0412 e. The van der Waals surface area contributed by atoms with Crippen molar-refractivity contribution in [1.82, 2.24) is 0 Å². The summed E-state index contributed by atoms with van der Waals surface area (Å²) in [4.78, 5) is 0. The molecule has 3 heteroatoms. The van der Waals surface area contributed by atoms with Gasteiger partial charge in [-0.15, -0.1) is 0 Å². The fraction of sp³-hybridized carbons (Fsp3) is 0. The van der Waals surface area contributed by atoms with Gasteiger partial charge < -0.3 is 11.5 Å². The van der Waals surface area contributed by atoms with Crippen LogP contribution in [0.4, 0.5) is 0 Å². The van der Waals surface area contributed by atoms with Crippen molar-refractivity contribution in [3.05, 3.63) is 63.5 Å². The predicted octanol–water partition coefficient (Wildman–Crippen LogP) is 0.613. The Bertz CT molecular complexity index is 93.5. The molecule has 4 N–H and O–H groups in total. The van der Waals surface area contributed by atoms with Crippen LogP contribution in [-0.4, -0.2) is 0 Å². The van der Waals surface area contributed by atoms with Crippen LogP contribution in [0, 0.1) is 63.5 Å². The molecule has 10 radical (unpaired) electrons. The topological polar surface area (TPSA) is 52.0 Å². The van der Waals surface area contributed by atoms with Crippen LogP contribution in [0.2, 0.25) is 0 Å². The molecule has 0 amide bonds. The van der Waals surface area contributed by atoms with Gasteiger partial charge in [-0.1, -0.05) is 0 Å². The van der Waals surface area contributed by atoms with E-state index in [4.69, 9.17) is 11.5 Å². The Balaban J connectivity index is 0.000000206. The second-order valence-electron chi connectivity index (χ2n) is 2.44. The molecule has 70 valence electrons. The number of nitrogens with two attached hydrogens (primary N) is 2. The van der Waals surface area contributed by atoms with Crippen molar-refractivity contribution in [3.8, 4) is 0 Å². The fourth-order valence-electron chi connectivity index (χ4n) is 0.778. The summed E-state index contributed by atoms with van der Waals surface area (Å²) in [5, 5.41) is 0. The Labute approximate surface area is 92.3 Å². The van der Waals surface area contributed by atoms with E-state index in [0.717, 1.165) is 12.1 Å². The third kappa shape index (κ3) is 6.50. The first-order valence-corrected chi connectivity index (χ1v) is 3.73. The van der Waals surface area contributed by atoms with Crippen LogP contribution in [0.1, 0.15) is 0 Å². The van der Waals surface area contributed by atoms with Crippen molar-refractivity contribution in [1.29, 1.82) is 0 Å². The third-order valence-electron chi connectivity index (χ3n) is 1.38. The van der Waals surface area contributed by atoms with Gasteiger partial charge in [0.25, 0.3) is 0 Å². The van der Waals surface area contributed by atoms with Crippen LogP contribution < -0.4 is 11.5 Å². The Kier molecular flexibility index (Phi) is 8.07. The summed E-state index contributed by atoms with van der Waals surface area (Å²) in [6.07, 6.45) is 15.1. The first-order valence-electron chi connectivity index (χ1n) is 3.73. The quantitative estimate of drug-likeness (QED) is 0.583. The molecule has 2 rings (SSSR count). The minimum Gasteiger partial charge on any atom is -0.323 e. The molecular formula is C10H12FeN2. The maximum absolute atomic E-state index is 5.28. The van der Waals surface area contributed by atoms with Crippen molar-refractivity contribution in [3.63, 3.8) is 0 Å². The van der Waals surface area contributed by atoms with E-state index in [9.17, 15) is 0 Å². The third-order valence-corrected chi connectivity index (χ3v) is 1.38. The predicted molar refractivity (Wildman–Crippen MR) is 49.3 cm³/mol. The molecule has 0 saturated heterocycles. The van der Waals surface area contributed by atoms with Crippen LogP contribution in [0.3, 0.4) is 0 Å². The Morgan fingerprint density at radius 2 is 0.846 bits per heavy atom. The van der Waals surface area contributed by atoms with Crippen LogP contribution in [0.5, 0.6) is 0 Å². The summed E-state index contributed by atoms with van der Waals surface area (Å²) in [5.41, 5.74) is 10.6. The zero-order valence-electron chi connectivity index (χ0n) is 7.13. The number of hydrogen-bond donors (Lipinski definition) is 2. The fourth-order valence-corrected chi connectivity index (χ4v) is 0.778. The maximum atomic E-state index is 5.28. The van der Waals surface area contributed by atoms with E-state index in [1.54, 1.807) is 0 Å². The summed E-state index contributed by atoms with van der Waals surface area (Å²) in [7, 11) is 0. The molecule has 2 saturated carbocycles. The van der Waals surface area contributed by atoms with Crippen molar-refractivity contribution < 1.29 is 17.1 Å². The number of rotatable bonds is 0. The van der Waals surface area contributed by atoms with Gasteiger partial charge in [-0.05, 0) is 51.4 Å². The Morgan fingerprint density at radius 1 is 0.615 bits per heavy atom. The molecule has 0 atom stereocenters. The molecule has 2 aliphatic rings. The van der Waals surface area contributed by atoms with E-state index in [1.165, 1.54) is 0 Å². The van der Waals surface area contributed by atoms with Gasteiger partial charge >= 0.3 is 0 Å². The van der Waals surface area contributed by atoms with Crippen LogP contribution in [0.25, 0.3) is 0 Å². The first-order chi connectivity index (χ1) is 5.79. The Morgan fingerprint density at radius 3 is 0.923 bits per heavy atom. The summed E-state index contributed by atoms with van der Waals surface area (Å²) in [5.74, 6) is 0. The van der Waals surface area contributed by atoms with Gasteiger partial charge in [0.05, 0.1) is 0 Å². The summed E-state index contributed by atoms with van der Waals surface area (Å²) >= 11 is 0. The van der Waals surface area contributed by atoms with Gasteiger partial charge in [-0.2, -0.15) is 0 Å². The molecule has 0 bridgehead atoms. The molecule has 0 spiro atoms. The first kappa shape index (κ1) is 13.4. The van der Waals surface area contributed by atoms with Gasteiger partial charge in [0.15, 0.2) is 0 Å². The van der Waals surface area contributed by atoms with Gasteiger partial charge in [0.2, 0.25) is 0 Å². The summed E-state index contributed by atoms with van der Waals surface area (Å²) < 4.78 is 0. The second-order valence-corrected chi connectivity index (χ2v) is 2.44. The average molecular weight is 216 g/mol. The van der Waals surface area contributed by atoms with Crippen LogP contribution in [0.15, 0.2) is 0 Å². The van der Waals surface area contributed by atoms with Gasteiger partial charge in [0.1, 0.15) is 0 Å². The van der Waals surface area contributed by atoms with Crippen molar-refractivity contribution in [2.75, 3.05) is 0 Å². The minimum absolute atomic E-state index is 0. The molecule has 0 aliphatic heterocycles. The van der Waals surface area contributed by atoms with Crippen molar-refractivity contribution >= 4 is 0 Å². The average Bonchev–Trinajstić information content (AvgIpc) is 2.63.